The topological polar surface area (TPSA) is 61.4 Å². The summed E-state index contributed by atoms with van der Waals surface area (Å²) in [5, 5.41) is 2.82. The number of aromatic nitrogens is 2. The van der Waals surface area contributed by atoms with Crippen LogP contribution in [0.5, 0.6) is 0 Å². The summed E-state index contributed by atoms with van der Waals surface area (Å²) in [4.78, 5) is 25.3. The fourth-order valence-corrected chi connectivity index (χ4v) is 3.19. The zero-order valence-corrected chi connectivity index (χ0v) is 15.8. The van der Waals surface area contributed by atoms with Gasteiger partial charge in [-0.2, -0.15) is 0 Å². The molecule has 0 unspecified atom stereocenters. The van der Waals surface area contributed by atoms with Crippen LogP contribution in [-0.2, 0) is 0 Å². The standard InChI is InChI=1S/C20H27N5O/c1-4-8-21-20(26)17-13-23-19(14-22-17)25-11-9-24(10-12-25)18-7-5-6-15(2)16(18)3/h5-7,13-14H,4,8-12H2,1-3H3,(H,21,26). The number of nitrogens with zero attached hydrogens (tertiary/aromatic N) is 4. The van der Waals surface area contributed by atoms with Crippen molar-refractivity contribution < 1.29 is 4.79 Å². The molecule has 138 valence electrons. The van der Waals surface area contributed by atoms with Gasteiger partial charge in [0.15, 0.2) is 0 Å². The van der Waals surface area contributed by atoms with E-state index in [4.69, 9.17) is 0 Å². The molecule has 1 saturated heterocycles. The van der Waals surface area contributed by atoms with Crippen LogP contribution in [-0.4, -0.2) is 48.6 Å². The van der Waals surface area contributed by atoms with Crippen molar-refractivity contribution in [2.75, 3.05) is 42.5 Å². The minimum absolute atomic E-state index is 0.161. The lowest BCUT2D eigenvalue weighted by Gasteiger charge is -2.37. The van der Waals surface area contributed by atoms with E-state index in [2.05, 4.69) is 57.1 Å². The summed E-state index contributed by atoms with van der Waals surface area (Å²) in [5.74, 6) is 0.670. The average molecular weight is 353 g/mol. The molecular formula is C20H27N5O. The Hall–Kier alpha value is -2.63. The molecule has 6 heteroatoms. The number of rotatable bonds is 5. The third kappa shape index (κ3) is 3.95. The van der Waals surface area contributed by atoms with Crippen molar-refractivity contribution in [2.45, 2.75) is 27.2 Å². The Morgan fingerprint density at radius 3 is 2.46 bits per heavy atom. The molecule has 1 aliphatic heterocycles. The Labute approximate surface area is 155 Å². The van der Waals surface area contributed by atoms with Crippen LogP contribution in [0.1, 0.15) is 35.0 Å². The van der Waals surface area contributed by atoms with Crippen molar-refractivity contribution in [3.8, 4) is 0 Å². The summed E-state index contributed by atoms with van der Waals surface area (Å²) < 4.78 is 0. The largest absolute Gasteiger partial charge is 0.368 e. The number of hydrogen-bond acceptors (Lipinski definition) is 5. The second-order valence-corrected chi connectivity index (χ2v) is 6.71. The molecule has 1 aliphatic rings. The highest BCUT2D eigenvalue weighted by molar-refractivity contribution is 5.91. The third-order valence-corrected chi connectivity index (χ3v) is 4.93. The quantitative estimate of drug-likeness (QED) is 0.895. The zero-order valence-electron chi connectivity index (χ0n) is 15.8. The lowest BCUT2D eigenvalue weighted by atomic mass is 10.1. The van der Waals surface area contributed by atoms with E-state index in [1.165, 1.54) is 16.8 Å². The molecule has 26 heavy (non-hydrogen) atoms. The first-order valence-corrected chi connectivity index (χ1v) is 9.26. The molecule has 1 aromatic carbocycles. The first-order chi connectivity index (χ1) is 12.6. The minimum atomic E-state index is -0.161. The van der Waals surface area contributed by atoms with E-state index in [1.807, 2.05) is 6.92 Å². The minimum Gasteiger partial charge on any atom is -0.368 e. The molecule has 0 spiro atoms. The molecule has 1 amide bonds. The van der Waals surface area contributed by atoms with Crippen LogP contribution in [0.2, 0.25) is 0 Å². The number of carbonyl (C=O) groups excluding carboxylic acids is 1. The van der Waals surface area contributed by atoms with Gasteiger partial charge in [-0.25, -0.2) is 9.97 Å². The molecule has 0 aliphatic carbocycles. The molecule has 0 saturated carbocycles. The van der Waals surface area contributed by atoms with Crippen LogP contribution < -0.4 is 15.1 Å². The number of carbonyl (C=O) groups is 1. The Bertz CT molecular complexity index is 751. The molecule has 0 atom stereocenters. The number of amides is 1. The Kier molecular flexibility index (Phi) is 5.71. The highest BCUT2D eigenvalue weighted by atomic mass is 16.1. The van der Waals surface area contributed by atoms with E-state index in [0.29, 0.717) is 12.2 Å². The summed E-state index contributed by atoms with van der Waals surface area (Å²) in [5.41, 5.74) is 4.37. The second kappa shape index (κ2) is 8.17. The molecule has 0 radical (unpaired) electrons. The summed E-state index contributed by atoms with van der Waals surface area (Å²) in [6.45, 7) is 10.7. The maximum absolute atomic E-state index is 11.9. The molecule has 2 aromatic rings. The highest BCUT2D eigenvalue weighted by Gasteiger charge is 2.20. The van der Waals surface area contributed by atoms with Crippen LogP contribution in [0.25, 0.3) is 0 Å². The van der Waals surface area contributed by atoms with Gasteiger partial charge in [-0.15, -0.1) is 0 Å². The Balaban J connectivity index is 1.61. The van der Waals surface area contributed by atoms with Gasteiger partial charge < -0.3 is 15.1 Å². The lowest BCUT2D eigenvalue weighted by Crippen LogP contribution is -2.47. The molecule has 0 bridgehead atoms. The third-order valence-electron chi connectivity index (χ3n) is 4.93. The van der Waals surface area contributed by atoms with Gasteiger partial charge in [0.05, 0.1) is 12.4 Å². The van der Waals surface area contributed by atoms with Gasteiger partial charge in [-0.05, 0) is 37.5 Å². The predicted octanol–water partition coefficient (Wildman–Crippen LogP) is 2.56. The molecule has 6 nitrogen and oxygen atoms in total. The van der Waals surface area contributed by atoms with Gasteiger partial charge in [0.1, 0.15) is 11.5 Å². The highest BCUT2D eigenvalue weighted by Crippen LogP contribution is 2.24. The number of benzene rings is 1. The average Bonchev–Trinajstić information content (AvgIpc) is 2.68. The van der Waals surface area contributed by atoms with E-state index in [0.717, 1.165) is 38.4 Å². The summed E-state index contributed by atoms with van der Waals surface area (Å²) in [6.07, 6.45) is 4.17. The van der Waals surface area contributed by atoms with Crippen molar-refractivity contribution in [1.29, 1.82) is 0 Å². The van der Waals surface area contributed by atoms with Gasteiger partial charge in [-0.3, -0.25) is 4.79 Å². The van der Waals surface area contributed by atoms with Gasteiger partial charge >= 0.3 is 0 Å². The van der Waals surface area contributed by atoms with Crippen LogP contribution in [0.4, 0.5) is 11.5 Å². The zero-order chi connectivity index (χ0) is 18.5. The summed E-state index contributed by atoms with van der Waals surface area (Å²) in [7, 11) is 0. The van der Waals surface area contributed by atoms with Crippen LogP contribution >= 0.6 is 0 Å². The number of aryl methyl sites for hydroxylation is 1. The SMILES string of the molecule is CCCNC(=O)c1cnc(N2CCN(c3cccc(C)c3C)CC2)cn1. The lowest BCUT2D eigenvalue weighted by molar-refractivity contribution is 0.0948. The number of anilines is 2. The maximum Gasteiger partial charge on any atom is 0.271 e. The predicted molar refractivity (Wildman–Crippen MR) is 105 cm³/mol. The normalized spacial score (nSPS) is 14.4. The summed E-state index contributed by atoms with van der Waals surface area (Å²) >= 11 is 0. The fraction of sp³-hybridized carbons (Fsp3) is 0.450. The van der Waals surface area contributed by atoms with E-state index >= 15 is 0 Å². The van der Waals surface area contributed by atoms with Gasteiger partial charge in [-0.1, -0.05) is 19.1 Å². The molecule has 3 rings (SSSR count). The fourth-order valence-electron chi connectivity index (χ4n) is 3.19. The molecular weight excluding hydrogens is 326 g/mol. The van der Waals surface area contributed by atoms with Crippen molar-refractivity contribution in [1.82, 2.24) is 15.3 Å². The second-order valence-electron chi connectivity index (χ2n) is 6.71. The van der Waals surface area contributed by atoms with Gasteiger partial charge in [0.2, 0.25) is 0 Å². The smallest absolute Gasteiger partial charge is 0.271 e. The summed E-state index contributed by atoms with van der Waals surface area (Å²) in [6, 6.07) is 6.47. The molecule has 2 heterocycles. The van der Waals surface area contributed by atoms with Crippen molar-refractivity contribution in [2.24, 2.45) is 0 Å². The van der Waals surface area contributed by atoms with Crippen molar-refractivity contribution >= 4 is 17.4 Å². The van der Waals surface area contributed by atoms with Gasteiger partial charge in [0, 0.05) is 38.4 Å². The van der Waals surface area contributed by atoms with Gasteiger partial charge in [0.25, 0.3) is 5.91 Å². The van der Waals surface area contributed by atoms with Crippen LogP contribution in [0.15, 0.2) is 30.6 Å². The van der Waals surface area contributed by atoms with E-state index in [1.54, 1.807) is 12.4 Å². The van der Waals surface area contributed by atoms with E-state index < -0.39 is 0 Å². The monoisotopic (exact) mass is 353 g/mol. The van der Waals surface area contributed by atoms with Crippen LogP contribution in [0, 0.1) is 13.8 Å². The number of hydrogen-bond donors (Lipinski definition) is 1. The van der Waals surface area contributed by atoms with Crippen LogP contribution in [0.3, 0.4) is 0 Å². The van der Waals surface area contributed by atoms with E-state index in [9.17, 15) is 4.79 Å². The van der Waals surface area contributed by atoms with E-state index in [-0.39, 0.29) is 5.91 Å². The number of nitrogens with one attached hydrogen (secondary N) is 1. The molecule has 1 fully saturated rings. The molecule has 1 aromatic heterocycles. The van der Waals surface area contributed by atoms with Crippen molar-refractivity contribution in [3.05, 3.63) is 47.4 Å². The maximum atomic E-state index is 11.9. The number of piperazine rings is 1. The first-order valence-electron chi connectivity index (χ1n) is 9.26. The van der Waals surface area contributed by atoms with Crippen molar-refractivity contribution in [3.63, 3.8) is 0 Å². The Morgan fingerprint density at radius 1 is 1.08 bits per heavy atom. The molecule has 1 N–H and O–H groups in total. The first kappa shape index (κ1) is 18.2. The Morgan fingerprint density at radius 2 is 1.81 bits per heavy atom.